The molecule has 0 saturated heterocycles. The number of nitrogens with zero attached hydrogens (tertiary/aromatic N) is 2. The largest absolute Gasteiger partial charge is 0.228 e. The number of hydrogen-bond acceptors (Lipinski definition) is 3. The summed E-state index contributed by atoms with van der Waals surface area (Å²) in [6.07, 6.45) is 0. The molecule has 0 spiro atoms. The van der Waals surface area contributed by atoms with Crippen LogP contribution in [0.25, 0.3) is 109 Å². The highest BCUT2D eigenvalue weighted by molar-refractivity contribution is 7.26. The van der Waals surface area contributed by atoms with Crippen molar-refractivity contribution in [3.05, 3.63) is 206 Å². The molecule has 2 aromatic heterocycles. The third-order valence-corrected chi connectivity index (χ3v) is 12.3. The molecular formula is C54H34N2S. The molecule has 0 atom stereocenters. The van der Waals surface area contributed by atoms with Crippen LogP contribution in [0.4, 0.5) is 0 Å². The monoisotopic (exact) mass is 742 g/mol. The lowest BCUT2D eigenvalue weighted by molar-refractivity contribution is 1.18. The standard InChI is InChI=1S/C54H34N2S/c1-2-16-37(17-3-1)54-55-50(34-51(56-54)47-22-9-8-21-44(47)39-29-28-35-14-4-5-18-38(35)30-39)42-32-40(45-24-12-19-36-15-6-7-20-43(36)45)31-41(33-42)46-25-13-26-49-48-23-10-11-27-52(48)57-53(46)49/h1-34H. The maximum Gasteiger partial charge on any atom is 0.160 e. The van der Waals surface area contributed by atoms with Crippen LogP contribution in [0.1, 0.15) is 0 Å². The van der Waals surface area contributed by atoms with E-state index in [2.05, 4.69) is 200 Å². The summed E-state index contributed by atoms with van der Waals surface area (Å²) in [4.78, 5) is 10.7. The van der Waals surface area contributed by atoms with Crippen molar-refractivity contribution in [1.29, 1.82) is 0 Å². The van der Waals surface area contributed by atoms with Crippen molar-refractivity contribution in [3.8, 4) is 67.3 Å². The van der Waals surface area contributed by atoms with Gasteiger partial charge in [0.05, 0.1) is 11.4 Å². The van der Waals surface area contributed by atoms with Gasteiger partial charge in [0.2, 0.25) is 0 Å². The van der Waals surface area contributed by atoms with Crippen LogP contribution < -0.4 is 0 Å². The fourth-order valence-electron chi connectivity index (χ4n) is 8.30. The van der Waals surface area contributed by atoms with Crippen molar-refractivity contribution in [2.45, 2.75) is 0 Å². The first-order valence-electron chi connectivity index (χ1n) is 19.3. The molecule has 0 unspecified atom stereocenters. The number of aromatic nitrogens is 2. The van der Waals surface area contributed by atoms with E-state index in [1.165, 1.54) is 52.8 Å². The normalized spacial score (nSPS) is 11.5. The Morgan fingerprint density at radius 3 is 1.77 bits per heavy atom. The van der Waals surface area contributed by atoms with Gasteiger partial charge in [-0.05, 0) is 91.3 Å². The van der Waals surface area contributed by atoms with Crippen molar-refractivity contribution in [2.24, 2.45) is 0 Å². The second-order valence-corrected chi connectivity index (χ2v) is 15.6. The molecule has 0 N–H and O–H groups in total. The summed E-state index contributed by atoms with van der Waals surface area (Å²) in [5.74, 6) is 0.695. The number of benzene rings is 9. The van der Waals surface area contributed by atoms with Crippen LogP contribution >= 0.6 is 11.3 Å². The second kappa shape index (κ2) is 13.8. The maximum atomic E-state index is 5.36. The van der Waals surface area contributed by atoms with Gasteiger partial charge in [-0.25, -0.2) is 9.97 Å². The summed E-state index contributed by atoms with van der Waals surface area (Å²) < 4.78 is 2.58. The summed E-state index contributed by atoms with van der Waals surface area (Å²) in [5, 5.41) is 7.46. The average molecular weight is 743 g/mol. The fraction of sp³-hybridized carbons (Fsp3) is 0. The summed E-state index contributed by atoms with van der Waals surface area (Å²) >= 11 is 1.86. The first-order chi connectivity index (χ1) is 28.2. The zero-order valence-corrected chi connectivity index (χ0v) is 31.7. The van der Waals surface area contributed by atoms with E-state index in [-0.39, 0.29) is 0 Å². The van der Waals surface area contributed by atoms with E-state index in [0.29, 0.717) is 5.82 Å². The van der Waals surface area contributed by atoms with Gasteiger partial charge in [0, 0.05) is 36.9 Å². The Labute approximate surface area is 335 Å². The maximum absolute atomic E-state index is 5.36. The van der Waals surface area contributed by atoms with E-state index in [0.717, 1.165) is 50.3 Å². The molecule has 0 aliphatic rings. The van der Waals surface area contributed by atoms with Crippen molar-refractivity contribution in [1.82, 2.24) is 9.97 Å². The number of thiophene rings is 1. The summed E-state index contributed by atoms with van der Waals surface area (Å²) in [6, 6.07) is 74.1. The molecule has 11 aromatic rings. The van der Waals surface area contributed by atoms with Crippen molar-refractivity contribution in [2.75, 3.05) is 0 Å². The third-order valence-electron chi connectivity index (χ3n) is 11.1. The zero-order valence-electron chi connectivity index (χ0n) is 30.9. The highest BCUT2D eigenvalue weighted by Crippen LogP contribution is 2.43. The molecular weight excluding hydrogens is 709 g/mol. The number of fused-ring (bicyclic) bond motifs is 5. The van der Waals surface area contributed by atoms with Gasteiger partial charge in [0.25, 0.3) is 0 Å². The number of hydrogen-bond donors (Lipinski definition) is 0. The lowest BCUT2D eigenvalue weighted by Crippen LogP contribution is -1.97. The van der Waals surface area contributed by atoms with Crippen molar-refractivity contribution >= 4 is 53.1 Å². The molecule has 0 aliphatic heterocycles. The predicted octanol–water partition coefficient (Wildman–Crippen LogP) is 15.2. The molecule has 0 saturated carbocycles. The molecule has 0 amide bonds. The highest BCUT2D eigenvalue weighted by Gasteiger charge is 2.18. The van der Waals surface area contributed by atoms with Crippen LogP contribution in [0.2, 0.25) is 0 Å². The van der Waals surface area contributed by atoms with Gasteiger partial charge in [-0.2, -0.15) is 0 Å². The smallest absolute Gasteiger partial charge is 0.160 e. The van der Waals surface area contributed by atoms with E-state index >= 15 is 0 Å². The minimum absolute atomic E-state index is 0.695. The molecule has 0 aliphatic carbocycles. The molecule has 0 radical (unpaired) electrons. The SMILES string of the molecule is c1ccc(-c2nc(-c3cc(-c4cccc5ccccc45)cc(-c4cccc5c4sc4ccccc45)c3)cc(-c3ccccc3-c3ccc4ccccc4c3)n2)cc1. The Morgan fingerprint density at radius 1 is 0.298 bits per heavy atom. The molecule has 2 heterocycles. The summed E-state index contributed by atoms with van der Waals surface area (Å²) in [6.45, 7) is 0. The van der Waals surface area contributed by atoms with Crippen LogP contribution in [-0.4, -0.2) is 9.97 Å². The van der Waals surface area contributed by atoms with Crippen LogP contribution in [0.15, 0.2) is 206 Å². The molecule has 3 heteroatoms. The van der Waals surface area contributed by atoms with Gasteiger partial charge in [0.1, 0.15) is 0 Å². The van der Waals surface area contributed by atoms with Gasteiger partial charge in [-0.3, -0.25) is 0 Å². The minimum atomic E-state index is 0.695. The lowest BCUT2D eigenvalue weighted by Gasteiger charge is -2.16. The van der Waals surface area contributed by atoms with E-state index in [1.807, 2.05) is 17.4 Å². The molecule has 0 bridgehead atoms. The molecule has 57 heavy (non-hydrogen) atoms. The van der Waals surface area contributed by atoms with Crippen LogP contribution in [0.5, 0.6) is 0 Å². The molecule has 9 aromatic carbocycles. The zero-order chi connectivity index (χ0) is 37.7. The van der Waals surface area contributed by atoms with Gasteiger partial charge in [0.15, 0.2) is 5.82 Å². The Morgan fingerprint density at radius 2 is 0.895 bits per heavy atom. The van der Waals surface area contributed by atoms with E-state index in [4.69, 9.17) is 9.97 Å². The Hall–Kier alpha value is -7.20. The Kier molecular flexibility index (Phi) is 8.04. The van der Waals surface area contributed by atoms with Gasteiger partial charge in [-0.1, -0.05) is 170 Å². The van der Waals surface area contributed by atoms with E-state index in [1.54, 1.807) is 0 Å². The van der Waals surface area contributed by atoms with Crippen LogP contribution in [-0.2, 0) is 0 Å². The predicted molar refractivity (Wildman–Crippen MR) is 243 cm³/mol. The summed E-state index contributed by atoms with van der Waals surface area (Å²) in [7, 11) is 0. The third kappa shape index (κ3) is 5.97. The van der Waals surface area contributed by atoms with Gasteiger partial charge in [-0.15, -0.1) is 11.3 Å². The first-order valence-corrected chi connectivity index (χ1v) is 20.1. The van der Waals surface area contributed by atoms with E-state index in [9.17, 15) is 0 Å². The molecule has 11 rings (SSSR count). The first kappa shape index (κ1) is 33.2. The topological polar surface area (TPSA) is 25.8 Å². The second-order valence-electron chi connectivity index (χ2n) is 14.5. The quantitative estimate of drug-likeness (QED) is 0.170. The lowest BCUT2D eigenvalue weighted by atomic mass is 9.91. The van der Waals surface area contributed by atoms with E-state index < -0.39 is 0 Å². The number of rotatable bonds is 6. The minimum Gasteiger partial charge on any atom is -0.228 e. The van der Waals surface area contributed by atoms with Crippen LogP contribution in [0.3, 0.4) is 0 Å². The Bertz CT molecular complexity index is 3300. The van der Waals surface area contributed by atoms with Gasteiger partial charge < -0.3 is 0 Å². The van der Waals surface area contributed by atoms with Crippen LogP contribution in [0, 0.1) is 0 Å². The summed E-state index contributed by atoms with van der Waals surface area (Å²) in [5.41, 5.74) is 11.8. The highest BCUT2D eigenvalue weighted by atomic mass is 32.1. The molecule has 0 fully saturated rings. The Balaban J connectivity index is 1.17. The fourth-order valence-corrected chi connectivity index (χ4v) is 9.54. The van der Waals surface area contributed by atoms with Crippen molar-refractivity contribution < 1.29 is 0 Å². The molecule has 266 valence electrons. The van der Waals surface area contributed by atoms with Gasteiger partial charge >= 0.3 is 0 Å². The van der Waals surface area contributed by atoms with Crippen molar-refractivity contribution in [3.63, 3.8) is 0 Å². The molecule has 2 nitrogen and oxygen atoms in total. The average Bonchev–Trinajstić information content (AvgIpc) is 3.68.